The standard InChI is InChI=1S/C13H17BrN2O3/c1-8(2)11(14)7-15-13(17)10-6-9(3)4-5-12(10)16(18)19/h4-6,8,11H,7H2,1-3H3,(H,15,17). The van der Waals surface area contributed by atoms with Crippen molar-refractivity contribution in [1.82, 2.24) is 5.32 Å². The Balaban J connectivity index is 2.87. The Morgan fingerprint density at radius 1 is 1.47 bits per heavy atom. The van der Waals surface area contributed by atoms with Crippen LogP contribution in [0.15, 0.2) is 18.2 Å². The lowest BCUT2D eigenvalue weighted by Crippen LogP contribution is -2.32. The van der Waals surface area contributed by atoms with Crippen LogP contribution in [0.4, 0.5) is 5.69 Å². The summed E-state index contributed by atoms with van der Waals surface area (Å²) in [5.41, 5.74) is 0.752. The Morgan fingerprint density at radius 2 is 2.11 bits per heavy atom. The molecule has 0 heterocycles. The fraction of sp³-hybridized carbons (Fsp3) is 0.462. The highest BCUT2D eigenvalue weighted by Crippen LogP contribution is 2.20. The van der Waals surface area contributed by atoms with E-state index in [0.717, 1.165) is 5.56 Å². The van der Waals surface area contributed by atoms with Gasteiger partial charge in [-0.05, 0) is 24.5 Å². The van der Waals surface area contributed by atoms with Gasteiger partial charge in [0.25, 0.3) is 11.6 Å². The van der Waals surface area contributed by atoms with Crippen molar-refractivity contribution < 1.29 is 9.72 Å². The maximum Gasteiger partial charge on any atom is 0.282 e. The molecule has 0 aliphatic carbocycles. The molecule has 5 nitrogen and oxygen atoms in total. The Kier molecular flexibility index (Phi) is 5.47. The third-order valence-electron chi connectivity index (χ3n) is 2.77. The molecule has 1 aromatic rings. The molecule has 1 aromatic carbocycles. The molecular formula is C13H17BrN2O3. The molecule has 0 saturated heterocycles. The van der Waals surface area contributed by atoms with E-state index >= 15 is 0 Å². The molecule has 1 N–H and O–H groups in total. The first-order valence-corrected chi connectivity index (χ1v) is 6.91. The first kappa shape index (κ1) is 15.6. The third kappa shape index (κ3) is 4.31. The summed E-state index contributed by atoms with van der Waals surface area (Å²) in [5.74, 6) is -0.0479. The lowest BCUT2D eigenvalue weighted by molar-refractivity contribution is -0.385. The van der Waals surface area contributed by atoms with Crippen LogP contribution in [0.1, 0.15) is 29.8 Å². The van der Waals surface area contributed by atoms with Gasteiger partial charge in [0.05, 0.1) is 4.92 Å². The molecule has 0 spiro atoms. The van der Waals surface area contributed by atoms with Gasteiger partial charge < -0.3 is 5.32 Å². The topological polar surface area (TPSA) is 72.2 Å². The monoisotopic (exact) mass is 328 g/mol. The number of nitro groups is 1. The van der Waals surface area contributed by atoms with E-state index in [4.69, 9.17) is 0 Å². The Bertz CT molecular complexity index is 489. The molecule has 1 atom stereocenters. The Morgan fingerprint density at radius 3 is 2.63 bits per heavy atom. The van der Waals surface area contributed by atoms with Crippen LogP contribution < -0.4 is 5.32 Å². The molecule has 1 amide bonds. The van der Waals surface area contributed by atoms with Gasteiger partial charge in [-0.1, -0.05) is 35.8 Å². The lowest BCUT2D eigenvalue weighted by atomic mass is 10.1. The number of hydrogen-bond acceptors (Lipinski definition) is 3. The summed E-state index contributed by atoms with van der Waals surface area (Å²) in [5, 5.41) is 13.6. The molecule has 19 heavy (non-hydrogen) atoms. The van der Waals surface area contributed by atoms with Crippen molar-refractivity contribution in [3.63, 3.8) is 0 Å². The van der Waals surface area contributed by atoms with E-state index in [9.17, 15) is 14.9 Å². The first-order valence-electron chi connectivity index (χ1n) is 6.00. The van der Waals surface area contributed by atoms with Gasteiger partial charge in [0.1, 0.15) is 5.56 Å². The van der Waals surface area contributed by atoms with Crippen molar-refractivity contribution in [3.05, 3.63) is 39.4 Å². The zero-order chi connectivity index (χ0) is 14.6. The number of carbonyl (C=O) groups excluding carboxylic acids is 1. The van der Waals surface area contributed by atoms with Gasteiger partial charge in [-0.3, -0.25) is 14.9 Å². The highest BCUT2D eigenvalue weighted by Gasteiger charge is 2.20. The summed E-state index contributed by atoms with van der Waals surface area (Å²) in [6.45, 7) is 6.28. The molecule has 0 bridgehead atoms. The van der Waals surface area contributed by atoms with E-state index < -0.39 is 10.8 Å². The second-order valence-electron chi connectivity index (χ2n) is 4.75. The van der Waals surface area contributed by atoms with Crippen LogP contribution in [0.5, 0.6) is 0 Å². The maximum absolute atomic E-state index is 12.0. The van der Waals surface area contributed by atoms with Gasteiger partial charge in [0, 0.05) is 17.4 Å². The predicted octanol–water partition coefficient (Wildman–Crippen LogP) is 3.05. The summed E-state index contributed by atoms with van der Waals surface area (Å²) >= 11 is 3.46. The summed E-state index contributed by atoms with van der Waals surface area (Å²) in [6, 6.07) is 4.51. The lowest BCUT2D eigenvalue weighted by Gasteiger charge is -2.14. The molecule has 0 aliphatic rings. The van der Waals surface area contributed by atoms with Crippen molar-refractivity contribution in [2.24, 2.45) is 5.92 Å². The van der Waals surface area contributed by atoms with Crippen LogP contribution in [0.25, 0.3) is 0 Å². The number of hydrogen-bond donors (Lipinski definition) is 1. The van der Waals surface area contributed by atoms with E-state index in [1.807, 2.05) is 13.8 Å². The molecule has 0 fully saturated rings. The molecule has 0 saturated carbocycles. The molecule has 6 heteroatoms. The minimum absolute atomic E-state index is 0.105. The fourth-order valence-corrected chi connectivity index (χ4v) is 1.67. The van der Waals surface area contributed by atoms with Crippen molar-refractivity contribution in [2.75, 3.05) is 6.54 Å². The van der Waals surface area contributed by atoms with Crippen LogP contribution in [-0.2, 0) is 0 Å². The van der Waals surface area contributed by atoms with Crippen LogP contribution >= 0.6 is 15.9 Å². The molecule has 1 rings (SSSR count). The van der Waals surface area contributed by atoms with E-state index in [0.29, 0.717) is 12.5 Å². The smallest absolute Gasteiger partial charge is 0.282 e. The first-order chi connectivity index (χ1) is 8.82. The number of rotatable bonds is 5. The quantitative estimate of drug-likeness (QED) is 0.513. The number of alkyl halides is 1. The average molecular weight is 329 g/mol. The minimum atomic E-state index is -0.539. The Labute approximate surface area is 120 Å². The maximum atomic E-state index is 12.0. The van der Waals surface area contributed by atoms with Crippen LogP contribution in [-0.4, -0.2) is 22.2 Å². The van der Waals surface area contributed by atoms with Crippen molar-refractivity contribution >= 4 is 27.5 Å². The van der Waals surface area contributed by atoms with Crippen LogP contribution in [0.3, 0.4) is 0 Å². The Hall–Kier alpha value is -1.43. The molecule has 0 aromatic heterocycles. The number of nitro benzene ring substituents is 1. The number of nitrogens with one attached hydrogen (secondary N) is 1. The fourth-order valence-electron chi connectivity index (χ4n) is 1.51. The number of carbonyl (C=O) groups is 1. The van der Waals surface area contributed by atoms with Crippen LogP contribution in [0, 0.1) is 23.0 Å². The van der Waals surface area contributed by atoms with Gasteiger partial charge in [0.15, 0.2) is 0 Å². The second kappa shape index (κ2) is 6.65. The highest BCUT2D eigenvalue weighted by atomic mass is 79.9. The summed E-state index contributed by atoms with van der Waals surface area (Å²) < 4.78 is 0. The number of amides is 1. The minimum Gasteiger partial charge on any atom is -0.351 e. The van der Waals surface area contributed by atoms with Gasteiger partial charge in [-0.2, -0.15) is 0 Å². The SMILES string of the molecule is Cc1ccc([N+](=O)[O-])c(C(=O)NCC(Br)C(C)C)c1. The summed E-state index contributed by atoms with van der Waals surface area (Å²) in [4.78, 5) is 22.5. The number of benzene rings is 1. The second-order valence-corrected chi connectivity index (χ2v) is 5.92. The van der Waals surface area contributed by atoms with E-state index in [1.54, 1.807) is 13.0 Å². The molecule has 0 aliphatic heterocycles. The van der Waals surface area contributed by atoms with Gasteiger partial charge in [-0.25, -0.2) is 0 Å². The third-order valence-corrected chi connectivity index (χ3v) is 4.16. The van der Waals surface area contributed by atoms with E-state index in [-0.39, 0.29) is 16.1 Å². The predicted molar refractivity (Wildman–Crippen MR) is 77.7 cm³/mol. The molecule has 1 unspecified atom stereocenters. The van der Waals surface area contributed by atoms with Gasteiger partial charge >= 0.3 is 0 Å². The van der Waals surface area contributed by atoms with Crippen LogP contribution in [0.2, 0.25) is 0 Å². The molecule has 104 valence electrons. The number of nitrogens with zero attached hydrogens (tertiary/aromatic N) is 1. The molecule has 0 radical (unpaired) electrons. The zero-order valence-electron chi connectivity index (χ0n) is 11.1. The summed E-state index contributed by atoms with van der Waals surface area (Å²) in [6.07, 6.45) is 0. The van der Waals surface area contributed by atoms with E-state index in [2.05, 4.69) is 21.2 Å². The highest BCUT2D eigenvalue weighted by molar-refractivity contribution is 9.09. The van der Waals surface area contributed by atoms with Gasteiger partial charge in [0.2, 0.25) is 0 Å². The van der Waals surface area contributed by atoms with Crippen molar-refractivity contribution in [3.8, 4) is 0 Å². The number of halogens is 1. The molecular weight excluding hydrogens is 312 g/mol. The normalized spacial score (nSPS) is 12.3. The van der Waals surface area contributed by atoms with Crippen molar-refractivity contribution in [2.45, 2.75) is 25.6 Å². The largest absolute Gasteiger partial charge is 0.351 e. The summed E-state index contributed by atoms with van der Waals surface area (Å²) in [7, 11) is 0. The zero-order valence-corrected chi connectivity index (χ0v) is 12.7. The van der Waals surface area contributed by atoms with E-state index in [1.165, 1.54) is 12.1 Å². The van der Waals surface area contributed by atoms with Gasteiger partial charge in [-0.15, -0.1) is 0 Å². The average Bonchev–Trinajstić information content (AvgIpc) is 2.34. The number of aryl methyl sites for hydroxylation is 1. The van der Waals surface area contributed by atoms with Crippen molar-refractivity contribution in [1.29, 1.82) is 0 Å².